The van der Waals surface area contributed by atoms with E-state index in [2.05, 4.69) is 40.1 Å². The van der Waals surface area contributed by atoms with Crippen LogP contribution < -0.4 is 9.80 Å². The molecule has 0 radical (unpaired) electrons. The lowest BCUT2D eigenvalue weighted by atomic mass is 9.90. The van der Waals surface area contributed by atoms with Crippen molar-refractivity contribution in [2.24, 2.45) is 12.5 Å². The fourth-order valence-electron chi connectivity index (χ4n) is 5.10. The van der Waals surface area contributed by atoms with Crippen LogP contribution in [-0.4, -0.2) is 51.6 Å². The van der Waals surface area contributed by atoms with Gasteiger partial charge in [0.25, 0.3) is 0 Å². The summed E-state index contributed by atoms with van der Waals surface area (Å²) in [5.41, 5.74) is 6.13. The molecule has 0 spiro atoms. The zero-order chi connectivity index (χ0) is 26.9. The monoisotopic (exact) mass is 502 g/mol. The number of hydrogen-bond acceptors (Lipinski definition) is 5. The van der Waals surface area contributed by atoms with Crippen molar-refractivity contribution in [1.82, 2.24) is 19.7 Å². The van der Waals surface area contributed by atoms with Gasteiger partial charge in [0.1, 0.15) is 5.41 Å². The minimum absolute atomic E-state index is 0.168. The van der Waals surface area contributed by atoms with Crippen LogP contribution in [0.5, 0.6) is 0 Å². The van der Waals surface area contributed by atoms with Crippen LogP contribution in [0, 0.1) is 19.3 Å². The number of carbonyl (C=O) groups excluding carboxylic acids is 2. The molecule has 0 unspecified atom stereocenters. The van der Waals surface area contributed by atoms with E-state index in [0.29, 0.717) is 13.1 Å². The van der Waals surface area contributed by atoms with Crippen molar-refractivity contribution >= 4 is 23.2 Å². The second-order valence-electron chi connectivity index (χ2n) is 10.5. The molecule has 8 heteroatoms. The Morgan fingerprint density at radius 2 is 1.73 bits per heavy atom. The Morgan fingerprint density at radius 3 is 2.38 bits per heavy atom. The first-order valence-electron chi connectivity index (χ1n) is 12.9. The molecule has 0 atom stereocenters. The van der Waals surface area contributed by atoms with Crippen LogP contribution >= 0.6 is 0 Å². The third-order valence-electron chi connectivity index (χ3n) is 7.36. The molecule has 0 bridgehead atoms. The third kappa shape index (κ3) is 5.30. The summed E-state index contributed by atoms with van der Waals surface area (Å²) in [5, 5.41) is 4.53. The average molecular weight is 503 g/mol. The van der Waals surface area contributed by atoms with Gasteiger partial charge in [-0.3, -0.25) is 24.2 Å². The van der Waals surface area contributed by atoms with Gasteiger partial charge in [-0.25, -0.2) is 0 Å². The fraction of sp³-hybridized carbons (Fsp3) is 0.448. The molecule has 3 aromatic rings. The summed E-state index contributed by atoms with van der Waals surface area (Å²) in [6.07, 6.45) is 4.66. The number of hydrogen-bond donors (Lipinski definition) is 0. The highest BCUT2D eigenvalue weighted by Gasteiger charge is 2.45. The maximum atomic E-state index is 13.3. The van der Waals surface area contributed by atoms with E-state index in [1.54, 1.807) is 30.7 Å². The topological polar surface area (TPSA) is 74.6 Å². The van der Waals surface area contributed by atoms with Crippen LogP contribution in [0.1, 0.15) is 48.8 Å². The highest BCUT2D eigenvalue weighted by molar-refractivity contribution is 6.19. The van der Waals surface area contributed by atoms with Gasteiger partial charge in [-0.2, -0.15) is 5.10 Å². The predicted octanol–water partition coefficient (Wildman–Crippen LogP) is 4.03. The zero-order valence-corrected chi connectivity index (χ0v) is 23.1. The minimum Gasteiger partial charge on any atom is -0.313 e. The summed E-state index contributed by atoms with van der Waals surface area (Å²) >= 11 is 0. The number of anilines is 2. The summed E-state index contributed by atoms with van der Waals surface area (Å²) in [5.74, 6) is -0.362. The van der Waals surface area contributed by atoms with E-state index in [0.717, 1.165) is 47.8 Å². The van der Waals surface area contributed by atoms with Gasteiger partial charge in [0.2, 0.25) is 11.8 Å². The van der Waals surface area contributed by atoms with Crippen molar-refractivity contribution in [2.75, 3.05) is 29.9 Å². The van der Waals surface area contributed by atoms with E-state index in [1.165, 1.54) is 11.1 Å². The molecule has 1 aliphatic heterocycles. The number of nitrogens with zero attached hydrogens (tertiary/aromatic N) is 6. The normalized spacial score (nSPS) is 15.4. The molecule has 2 aromatic heterocycles. The highest BCUT2D eigenvalue weighted by Crippen LogP contribution is 2.39. The molecule has 0 fully saturated rings. The smallest absolute Gasteiger partial charge is 0.242 e. The summed E-state index contributed by atoms with van der Waals surface area (Å²) in [6.45, 7) is 12.3. The number of fused-ring (bicyclic) bond motifs is 1. The Hall–Kier alpha value is -3.52. The molecule has 2 amide bonds. The van der Waals surface area contributed by atoms with Gasteiger partial charge in [0.05, 0.1) is 22.8 Å². The molecule has 0 N–H and O–H groups in total. The van der Waals surface area contributed by atoms with Gasteiger partial charge in [-0.15, -0.1) is 0 Å². The van der Waals surface area contributed by atoms with Gasteiger partial charge in [-0.05, 0) is 82.0 Å². The molecule has 0 aliphatic carbocycles. The molecular formula is C29H38N6O2. The summed E-state index contributed by atoms with van der Waals surface area (Å²) < 4.78 is 1.94. The first kappa shape index (κ1) is 26.5. The Kier molecular flexibility index (Phi) is 7.50. The molecule has 4 rings (SSSR count). The van der Waals surface area contributed by atoms with Crippen molar-refractivity contribution in [1.29, 1.82) is 0 Å². The predicted molar refractivity (Wildman–Crippen MR) is 146 cm³/mol. The van der Waals surface area contributed by atoms with Gasteiger partial charge < -0.3 is 9.80 Å². The van der Waals surface area contributed by atoms with Crippen molar-refractivity contribution < 1.29 is 9.59 Å². The first-order chi connectivity index (χ1) is 17.5. The second-order valence-corrected chi connectivity index (χ2v) is 10.5. The van der Waals surface area contributed by atoms with Crippen LogP contribution in [0.25, 0.3) is 0 Å². The number of rotatable bonds is 8. The molecule has 196 valence electrons. The number of aromatic nitrogens is 3. The summed E-state index contributed by atoms with van der Waals surface area (Å²) in [6, 6.07) is 10.3. The SMILES string of the molecule is CCN1C(=O)C(C)(C)C(=O)N(C)c2cc(CN(CCc3cnccc3C)Cc3cc(C)nn3C)ccc21. The van der Waals surface area contributed by atoms with E-state index in [1.807, 2.05) is 50.1 Å². The lowest BCUT2D eigenvalue weighted by Crippen LogP contribution is -2.47. The van der Waals surface area contributed by atoms with Crippen molar-refractivity contribution in [3.8, 4) is 0 Å². The van der Waals surface area contributed by atoms with Crippen LogP contribution in [0.2, 0.25) is 0 Å². The maximum absolute atomic E-state index is 13.3. The lowest BCUT2D eigenvalue weighted by molar-refractivity contribution is -0.137. The Balaban J connectivity index is 1.65. The Bertz CT molecular complexity index is 1310. The Morgan fingerprint density at radius 1 is 0.973 bits per heavy atom. The van der Waals surface area contributed by atoms with Crippen LogP contribution in [0.15, 0.2) is 42.7 Å². The standard InChI is InChI=1S/C29H38N6O2/c1-8-35-25-10-9-22(16-26(25)32(6)27(36)29(4,5)28(35)37)18-34(19-24-15-21(3)31-33(24)7)14-12-23-17-30-13-11-20(23)2/h9-11,13,15-17H,8,12,14,18-19H2,1-7H3. The van der Waals surface area contributed by atoms with E-state index in [4.69, 9.17) is 0 Å². The van der Waals surface area contributed by atoms with Gasteiger partial charge in [0.15, 0.2) is 0 Å². The number of benzene rings is 1. The second kappa shape index (κ2) is 10.5. The zero-order valence-electron chi connectivity index (χ0n) is 23.1. The Labute approximate surface area is 219 Å². The van der Waals surface area contributed by atoms with Crippen LogP contribution in [0.3, 0.4) is 0 Å². The van der Waals surface area contributed by atoms with Crippen molar-refractivity contribution in [2.45, 2.75) is 54.1 Å². The summed E-state index contributed by atoms with van der Waals surface area (Å²) in [7, 11) is 3.74. The molecule has 3 heterocycles. The quantitative estimate of drug-likeness (QED) is 0.435. The first-order valence-corrected chi connectivity index (χ1v) is 12.9. The average Bonchev–Trinajstić information content (AvgIpc) is 3.17. The highest BCUT2D eigenvalue weighted by atomic mass is 16.2. The van der Waals surface area contributed by atoms with E-state index in [-0.39, 0.29) is 11.8 Å². The third-order valence-corrected chi connectivity index (χ3v) is 7.36. The minimum atomic E-state index is -1.12. The fourth-order valence-corrected chi connectivity index (χ4v) is 5.10. The maximum Gasteiger partial charge on any atom is 0.242 e. The van der Waals surface area contributed by atoms with Gasteiger partial charge in [0, 0.05) is 52.7 Å². The van der Waals surface area contributed by atoms with E-state index >= 15 is 0 Å². The van der Waals surface area contributed by atoms with Gasteiger partial charge >= 0.3 is 0 Å². The number of carbonyl (C=O) groups is 2. The molecular weight excluding hydrogens is 464 g/mol. The molecule has 1 aliphatic rings. The molecule has 0 saturated carbocycles. The van der Waals surface area contributed by atoms with Gasteiger partial charge in [-0.1, -0.05) is 6.07 Å². The summed E-state index contributed by atoms with van der Waals surface area (Å²) in [4.78, 5) is 36.6. The van der Waals surface area contributed by atoms with Crippen LogP contribution in [0.4, 0.5) is 11.4 Å². The number of aryl methyl sites for hydroxylation is 3. The van der Waals surface area contributed by atoms with Crippen molar-refractivity contribution in [3.05, 3.63) is 70.8 Å². The molecule has 1 aromatic carbocycles. The lowest BCUT2D eigenvalue weighted by Gasteiger charge is -2.27. The van der Waals surface area contributed by atoms with Crippen molar-refractivity contribution in [3.63, 3.8) is 0 Å². The van der Waals surface area contributed by atoms with E-state index in [9.17, 15) is 9.59 Å². The molecule has 37 heavy (non-hydrogen) atoms. The van der Waals surface area contributed by atoms with E-state index < -0.39 is 5.41 Å². The molecule has 8 nitrogen and oxygen atoms in total. The largest absolute Gasteiger partial charge is 0.313 e. The molecule has 0 saturated heterocycles. The van der Waals surface area contributed by atoms with Crippen LogP contribution in [-0.2, 0) is 36.1 Å². The number of amides is 2. The number of pyridine rings is 1.